The number of ether oxygens (including phenoxy) is 6. The van der Waals surface area contributed by atoms with Crippen LogP contribution < -0.4 is 39.0 Å². The Morgan fingerprint density at radius 3 is 1.49 bits per heavy atom. The molecule has 4 aromatic carbocycles. The summed E-state index contributed by atoms with van der Waals surface area (Å²) in [7, 11) is 11.0. The minimum Gasteiger partial charge on any atom is -0.497 e. The lowest BCUT2D eigenvalue weighted by atomic mass is 10.1. The second-order valence-corrected chi connectivity index (χ2v) is 14.3. The zero-order valence-corrected chi connectivity index (χ0v) is 35.4. The number of nitrogens with zero attached hydrogens (tertiary/aromatic N) is 7. The zero-order valence-electron chi connectivity index (χ0n) is 34.6. The summed E-state index contributed by atoms with van der Waals surface area (Å²) in [5, 5.41) is 4.78. The summed E-state index contributed by atoms with van der Waals surface area (Å²) in [6, 6.07) is 23.9. The second kappa shape index (κ2) is 21.4. The van der Waals surface area contributed by atoms with Gasteiger partial charge in [-0.1, -0.05) is 35.9 Å². The molecule has 8 rings (SSSR count). The summed E-state index contributed by atoms with van der Waals surface area (Å²) >= 11 is 6.34. The van der Waals surface area contributed by atoms with Gasteiger partial charge in [0, 0.05) is 63.8 Å². The van der Waals surface area contributed by atoms with Crippen LogP contribution in [-0.4, -0.2) is 115 Å². The Labute approximate surface area is 350 Å². The minimum absolute atomic E-state index is 0.387. The molecule has 2 saturated heterocycles. The van der Waals surface area contributed by atoms with E-state index in [4.69, 9.17) is 40.0 Å². The molecule has 0 bridgehead atoms. The summed E-state index contributed by atoms with van der Waals surface area (Å²) in [4.78, 5) is 24.0. The fourth-order valence-corrected chi connectivity index (χ4v) is 6.80. The molecule has 6 aromatic rings. The number of hydrogen-bond donors (Lipinski definition) is 1. The van der Waals surface area contributed by atoms with E-state index < -0.39 is 0 Å². The van der Waals surface area contributed by atoms with E-state index in [0.29, 0.717) is 37.3 Å². The summed E-state index contributed by atoms with van der Waals surface area (Å²) in [5.41, 5.74) is 5.88. The Hall–Kier alpha value is -5.67. The highest BCUT2D eigenvalue weighted by Crippen LogP contribution is 2.37. The molecule has 312 valence electrons. The first-order valence-electron chi connectivity index (χ1n) is 19.5. The highest BCUT2D eigenvalue weighted by atomic mass is 35.5. The van der Waals surface area contributed by atoms with Gasteiger partial charge in [0.2, 0.25) is 0 Å². The first-order chi connectivity index (χ1) is 28.8. The largest absolute Gasteiger partial charge is 0.497 e. The van der Waals surface area contributed by atoms with E-state index in [-0.39, 0.29) is 0 Å². The van der Waals surface area contributed by atoms with Gasteiger partial charge in [-0.2, -0.15) is 0 Å². The standard InChI is InChI=1S/C22H26N4O3.C20H20ClN3O3.C2H7N/c1-25(2)22-21-19(23-15-24-22)12-17(26-8-10-28-11-9-26)13-20(21)29-14-16-4-6-18(27-3)7-5-16;1-25-16-4-2-14(3-5-16)12-27-18-11-15(24-6-8-26-9-7-24)10-17-19(18)20(21)23-13-22-17;1-3-2/h4-7,12-13,15H,8-11,14H2,1-3H3;2-5,10-11,13H,6-9,12H2,1H3;3H,1-2H3. The van der Waals surface area contributed by atoms with Crippen molar-refractivity contribution in [1.82, 2.24) is 25.3 Å². The maximum atomic E-state index is 6.34. The van der Waals surface area contributed by atoms with Gasteiger partial charge < -0.3 is 48.4 Å². The van der Waals surface area contributed by atoms with Crippen molar-refractivity contribution >= 4 is 50.6 Å². The van der Waals surface area contributed by atoms with Crippen LogP contribution in [0.15, 0.2) is 85.5 Å². The Balaban J connectivity index is 0.000000187. The number of hydrogen-bond acceptors (Lipinski definition) is 14. The fraction of sp³-hybridized carbons (Fsp3) is 0.364. The molecule has 59 heavy (non-hydrogen) atoms. The monoisotopic (exact) mass is 824 g/mol. The lowest BCUT2D eigenvalue weighted by molar-refractivity contribution is 0.122. The molecule has 0 aliphatic carbocycles. The van der Waals surface area contributed by atoms with Gasteiger partial charge in [-0.05, 0) is 61.6 Å². The Morgan fingerprint density at radius 2 is 1.05 bits per heavy atom. The van der Waals surface area contributed by atoms with Crippen LogP contribution in [0.25, 0.3) is 21.8 Å². The van der Waals surface area contributed by atoms with Crippen LogP contribution in [0.2, 0.25) is 5.15 Å². The predicted octanol–water partition coefficient (Wildman–Crippen LogP) is 6.66. The Kier molecular flexibility index (Phi) is 15.5. The van der Waals surface area contributed by atoms with Crippen molar-refractivity contribution in [3.63, 3.8) is 0 Å². The van der Waals surface area contributed by atoms with Gasteiger partial charge in [0.15, 0.2) is 0 Å². The van der Waals surface area contributed by atoms with E-state index in [1.807, 2.05) is 93.8 Å². The van der Waals surface area contributed by atoms with Gasteiger partial charge in [-0.3, -0.25) is 0 Å². The molecular formula is C44H53ClN8O6. The average molecular weight is 825 g/mol. The molecular weight excluding hydrogens is 772 g/mol. The van der Waals surface area contributed by atoms with E-state index in [1.54, 1.807) is 20.5 Å². The smallest absolute Gasteiger partial charge is 0.144 e. The maximum Gasteiger partial charge on any atom is 0.144 e. The SMILES string of the molecule is CNC.COc1ccc(COc2cc(N3CCOCC3)cc3ncnc(Cl)c23)cc1.COc1ccc(COc2cc(N3CCOCC3)cc3ncnc(N(C)C)c23)cc1. The van der Waals surface area contributed by atoms with Crippen LogP contribution in [0.5, 0.6) is 23.0 Å². The van der Waals surface area contributed by atoms with Gasteiger partial charge in [0.1, 0.15) is 59.8 Å². The Morgan fingerprint density at radius 1 is 0.627 bits per heavy atom. The quantitative estimate of drug-likeness (QED) is 0.140. The van der Waals surface area contributed by atoms with Crippen molar-refractivity contribution in [3.05, 3.63) is 102 Å². The third-order valence-corrected chi connectivity index (χ3v) is 9.88. The van der Waals surface area contributed by atoms with Crippen molar-refractivity contribution in [2.24, 2.45) is 0 Å². The number of morpholine rings is 2. The summed E-state index contributed by atoms with van der Waals surface area (Å²) in [5.74, 6) is 3.94. The number of halogens is 1. The van der Waals surface area contributed by atoms with Gasteiger partial charge in [0.25, 0.3) is 0 Å². The van der Waals surface area contributed by atoms with Crippen LogP contribution in [0, 0.1) is 0 Å². The number of benzene rings is 4. The maximum absolute atomic E-state index is 6.34. The number of rotatable bonds is 11. The lowest BCUT2D eigenvalue weighted by Gasteiger charge is -2.29. The molecule has 0 spiro atoms. The number of fused-ring (bicyclic) bond motifs is 2. The molecule has 1 N–H and O–H groups in total. The minimum atomic E-state index is 0.387. The highest BCUT2D eigenvalue weighted by molar-refractivity contribution is 6.34. The normalized spacial score (nSPS) is 13.8. The van der Waals surface area contributed by atoms with Gasteiger partial charge >= 0.3 is 0 Å². The van der Waals surface area contributed by atoms with Crippen LogP contribution in [0.4, 0.5) is 17.2 Å². The van der Waals surface area contributed by atoms with E-state index in [1.165, 1.54) is 6.33 Å². The number of methoxy groups -OCH3 is 2. The summed E-state index contributed by atoms with van der Waals surface area (Å²) in [6.45, 7) is 7.13. The number of anilines is 3. The van der Waals surface area contributed by atoms with Crippen LogP contribution in [0.1, 0.15) is 11.1 Å². The predicted molar refractivity (Wildman–Crippen MR) is 234 cm³/mol. The van der Waals surface area contributed by atoms with E-state index >= 15 is 0 Å². The molecule has 0 unspecified atom stereocenters. The third kappa shape index (κ3) is 11.3. The van der Waals surface area contributed by atoms with E-state index in [0.717, 1.165) is 107 Å². The lowest BCUT2D eigenvalue weighted by Crippen LogP contribution is -2.36. The molecule has 2 aliphatic heterocycles. The third-order valence-electron chi connectivity index (χ3n) is 9.59. The molecule has 15 heteroatoms. The summed E-state index contributed by atoms with van der Waals surface area (Å²) in [6.07, 6.45) is 3.08. The van der Waals surface area contributed by atoms with Crippen molar-refractivity contribution < 1.29 is 28.4 Å². The van der Waals surface area contributed by atoms with Gasteiger partial charge in [-0.25, -0.2) is 19.9 Å². The first kappa shape index (κ1) is 42.9. The second-order valence-electron chi connectivity index (χ2n) is 13.9. The average Bonchev–Trinajstić information content (AvgIpc) is 3.28. The fourth-order valence-electron chi connectivity index (χ4n) is 6.57. The van der Waals surface area contributed by atoms with Crippen LogP contribution in [-0.2, 0) is 22.7 Å². The highest BCUT2D eigenvalue weighted by Gasteiger charge is 2.19. The molecule has 14 nitrogen and oxygen atoms in total. The Bertz CT molecular complexity index is 2240. The van der Waals surface area contributed by atoms with Gasteiger partial charge in [-0.15, -0.1) is 0 Å². The molecule has 0 radical (unpaired) electrons. The van der Waals surface area contributed by atoms with E-state index in [9.17, 15) is 0 Å². The topological polar surface area (TPSA) is 129 Å². The molecule has 0 saturated carbocycles. The van der Waals surface area contributed by atoms with Crippen molar-refractivity contribution in [3.8, 4) is 23.0 Å². The van der Waals surface area contributed by atoms with Crippen molar-refractivity contribution in [2.75, 3.05) is 110 Å². The van der Waals surface area contributed by atoms with Crippen LogP contribution in [0.3, 0.4) is 0 Å². The summed E-state index contributed by atoms with van der Waals surface area (Å²) < 4.78 is 33.8. The molecule has 2 aliphatic rings. The van der Waals surface area contributed by atoms with E-state index in [2.05, 4.69) is 47.2 Å². The van der Waals surface area contributed by atoms with Gasteiger partial charge in [0.05, 0.1) is 62.5 Å². The van der Waals surface area contributed by atoms with Crippen LogP contribution >= 0.6 is 11.6 Å². The van der Waals surface area contributed by atoms with Crippen molar-refractivity contribution in [2.45, 2.75) is 13.2 Å². The molecule has 0 amide bonds. The zero-order chi connectivity index (χ0) is 41.6. The van der Waals surface area contributed by atoms with Crippen molar-refractivity contribution in [1.29, 1.82) is 0 Å². The molecule has 0 atom stereocenters. The number of aromatic nitrogens is 4. The first-order valence-corrected chi connectivity index (χ1v) is 19.8. The number of nitrogens with one attached hydrogen (secondary N) is 1. The molecule has 2 aromatic heterocycles. The molecule has 4 heterocycles. The molecule has 2 fully saturated rings.